The number of fused-ring (bicyclic) bond motifs is 1. The number of hydrogen-bond donors (Lipinski definition) is 0. The Bertz CT molecular complexity index is 1480. The molecule has 0 saturated heterocycles. The first-order chi connectivity index (χ1) is 16.9. The summed E-state index contributed by atoms with van der Waals surface area (Å²) in [5.41, 5.74) is 1.96. The van der Waals surface area contributed by atoms with E-state index in [1.807, 2.05) is 24.3 Å². The van der Waals surface area contributed by atoms with Crippen LogP contribution in [-0.4, -0.2) is 38.5 Å². The van der Waals surface area contributed by atoms with Gasteiger partial charge >= 0.3 is 5.97 Å². The SMILES string of the molecule is CCOC(=O)C1=C(C)N=c2sc(=Cc3ccccc3OC)c(=O)n2C1c1ccc(OC)c(OC)c1. The highest BCUT2D eigenvalue weighted by molar-refractivity contribution is 7.07. The summed E-state index contributed by atoms with van der Waals surface area (Å²) in [5.74, 6) is 1.16. The Labute approximate surface area is 206 Å². The molecule has 0 aliphatic carbocycles. The molecule has 0 radical (unpaired) electrons. The lowest BCUT2D eigenvalue weighted by Gasteiger charge is -2.25. The molecule has 3 aromatic rings. The lowest BCUT2D eigenvalue weighted by Crippen LogP contribution is -2.40. The Hall–Kier alpha value is -3.85. The van der Waals surface area contributed by atoms with Gasteiger partial charge in [0.25, 0.3) is 5.56 Å². The van der Waals surface area contributed by atoms with E-state index < -0.39 is 12.0 Å². The molecule has 35 heavy (non-hydrogen) atoms. The molecule has 2 aromatic carbocycles. The predicted octanol–water partition coefficient (Wildman–Crippen LogP) is 2.82. The van der Waals surface area contributed by atoms with Gasteiger partial charge in [0.2, 0.25) is 0 Å². The lowest BCUT2D eigenvalue weighted by atomic mass is 9.95. The second kappa shape index (κ2) is 10.2. The largest absolute Gasteiger partial charge is 0.496 e. The molecular formula is C26H26N2O6S. The minimum absolute atomic E-state index is 0.201. The van der Waals surface area contributed by atoms with Crippen LogP contribution in [0.2, 0.25) is 0 Å². The zero-order valence-corrected chi connectivity index (χ0v) is 21.0. The van der Waals surface area contributed by atoms with Gasteiger partial charge in [0.1, 0.15) is 5.75 Å². The quantitative estimate of drug-likeness (QED) is 0.470. The molecule has 1 unspecified atom stereocenters. The van der Waals surface area contributed by atoms with Crippen molar-refractivity contribution in [1.82, 2.24) is 4.57 Å². The maximum Gasteiger partial charge on any atom is 0.338 e. The number of carbonyl (C=O) groups excluding carboxylic acids is 1. The van der Waals surface area contributed by atoms with Crippen molar-refractivity contribution in [3.8, 4) is 17.2 Å². The van der Waals surface area contributed by atoms with E-state index >= 15 is 0 Å². The molecule has 4 rings (SSSR count). The first-order valence-corrected chi connectivity index (χ1v) is 11.8. The highest BCUT2D eigenvalue weighted by Crippen LogP contribution is 2.36. The Kier molecular flexibility index (Phi) is 7.07. The molecule has 0 bridgehead atoms. The molecule has 1 atom stereocenters. The van der Waals surface area contributed by atoms with E-state index in [9.17, 15) is 9.59 Å². The average molecular weight is 495 g/mol. The number of allylic oxidation sites excluding steroid dienone is 1. The fourth-order valence-electron chi connectivity index (χ4n) is 4.06. The van der Waals surface area contributed by atoms with E-state index in [0.717, 1.165) is 5.56 Å². The molecule has 182 valence electrons. The van der Waals surface area contributed by atoms with Crippen LogP contribution in [0.1, 0.15) is 31.0 Å². The van der Waals surface area contributed by atoms with Crippen molar-refractivity contribution >= 4 is 23.4 Å². The molecule has 1 aromatic heterocycles. The third-order valence-corrected chi connectivity index (χ3v) is 6.65. The maximum absolute atomic E-state index is 13.7. The van der Waals surface area contributed by atoms with Crippen LogP contribution >= 0.6 is 11.3 Å². The summed E-state index contributed by atoms with van der Waals surface area (Å²) in [6.45, 7) is 3.69. The number of nitrogens with zero attached hydrogens (tertiary/aromatic N) is 2. The van der Waals surface area contributed by atoms with Crippen molar-refractivity contribution < 1.29 is 23.7 Å². The maximum atomic E-state index is 13.7. The molecule has 1 aliphatic rings. The van der Waals surface area contributed by atoms with Gasteiger partial charge in [-0.15, -0.1) is 0 Å². The number of hydrogen-bond acceptors (Lipinski definition) is 8. The first kappa shape index (κ1) is 24.3. The second-order valence-corrected chi connectivity index (χ2v) is 8.67. The Morgan fingerprint density at radius 3 is 2.46 bits per heavy atom. The molecule has 1 aliphatic heterocycles. The van der Waals surface area contributed by atoms with Gasteiger partial charge < -0.3 is 18.9 Å². The average Bonchev–Trinajstić information content (AvgIpc) is 3.17. The van der Waals surface area contributed by atoms with Gasteiger partial charge in [0.05, 0.1) is 49.8 Å². The molecule has 0 saturated carbocycles. The Morgan fingerprint density at radius 1 is 1.06 bits per heavy atom. The number of carbonyl (C=O) groups is 1. The normalized spacial score (nSPS) is 15.3. The number of ether oxygens (including phenoxy) is 4. The van der Waals surface area contributed by atoms with Gasteiger partial charge in [-0.1, -0.05) is 35.6 Å². The van der Waals surface area contributed by atoms with Crippen LogP contribution in [0.4, 0.5) is 0 Å². The Morgan fingerprint density at radius 2 is 1.77 bits per heavy atom. The molecular weight excluding hydrogens is 468 g/mol. The number of methoxy groups -OCH3 is 3. The minimum atomic E-state index is -0.745. The summed E-state index contributed by atoms with van der Waals surface area (Å²) in [5, 5.41) is 0. The van der Waals surface area contributed by atoms with Crippen LogP contribution in [0, 0.1) is 0 Å². The van der Waals surface area contributed by atoms with Crippen LogP contribution < -0.4 is 29.1 Å². The van der Waals surface area contributed by atoms with E-state index in [1.54, 1.807) is 52.3 Å². The third kappa shape index (κ3) is 4.46. The molecule has 0 fully saturated rings. The van der Waals surface area contributed by atoms with Gasteiger partial charge in [0.15, 0.2) is 16.3 Å². The summed E-state index contributed by atoms with van der Waals surface area (Å²) < 4.78 is 23.6. The van der Waals surface area contributed by atoms with Crippen molar-refractivity contribution in [3.05, 3.63) is 84.5 Å². The number of rotatable bonds is 7. The topological polar surface area (TPSA) is 88.4 Å². The molecule has 8 nitrogen and oxygen atoms in total. The summed E-state index contributed by atoms with van der Waals surface area (Å²) in [6.07, 6.45) is 1.78. The number of aromatic nitrogens is 1. The van der Waals surface area contributed by atoms with Gasteiger partial charge in [-0.05, 0) is 43.7 Å². The van der Waals surface area contributed by atoms with E-state index in [-0.39, 0.29) is 12.2 Å². The van der Waals surface area contributed by atoms with Crippen LogP contribution in [0.5, 0.6) is 17.2 Å². The van der Waals surface area contributed by atoms with Crippen LogP contribution in [-0.2, 0) is 9.53 Å². The first-order valence-electron chi connectivity index (χ1n) is 11.0. The summed E-state index contributed by atoms with van der Waals surface area (Å²) in [4.78, 5) is 31.9. The zero-order valence-electron chi connectivity index (χ0n) is 20.2. The molecule has 0 N–H and O–H groups in total. The molecule has 0 amide bonds. The molecule has 2 heterocycles. The van der Waals surface area contributed by atoms with Crippen LogP contribution in [0.15, 0.2) is 63.5 Å². The van der Waals surface area contributed by atoms with Crippen molar-refractivity contribution in [2.24, 2.45) is 4.99 Å². The smallest absolute Gasteiger partial charge is 0.338 e. The monoisotopic (exact) mass is 494 g/mol. The second-order valence-electron chi connectivity index (χ2n) is 7.66. The number of para-hydroxylation sites is 1. The van der Waals surface area contributed by atoms with Crippen molar-refractivity contribution in [2.75, 3.05) is 27.9 Å². The van der Waals surface area contributed by atoms with Crippen molar-refractivity contribution in [1.29, 1.82) is 0 Å². The summed E-state index contributed by atoms with van der Waals surface area (Å²) >= 11 is 1.25. The number of esters is 1. The van der Waals surface area contributed by atoms with Gasteiger partial charge in [-0.25, -0.2) is 9.79 Å². The van der Waals surface area contributed by atoms with E-state index in [0.29, 0.717) is 43.4 Å². The van der Waals surface area contributed by atoms with E-state index in [4.69, 9.17) is 18.9 Å². The fraction of sp³-hybridized carbons (Fsp3) is 0.269. The predicted molar refractivity (Wildman–Crippen MR) is 133 cm³/mol. The lowest BCUT2D eigenvalue weighted by molar-refractivity contribution is -0.139. The standard InChI is InChI=1S/C26H26N2O6S/c1-6-34-25(30)22-15(2)27-26-28(23(22)17-11-12-19(32-4)20(13-17)33-5)24(29)21(35-26)14-16-9-7-8-10-18(16)31-3/h7-14,23H,6H2,1-5H3. The van der Waals surface area contributed by atoms with Gasteiger partial charge in [-0.3, -0.25) is 9.36 Å². The van der Waals surface area contributed by atoms with Crippen LogP contribution in [0.25, 0.3) is 6.08 Å². The van der Waals surface area contributed by atoms with E-state index in [1.165, 1.54) is 23.0 Å². The third-order valence-electron chi connectivity index (χ3n) is 5.67. The number of benzene rings is 2. The Balaban J connectivity index is 1.98. The minimum Gasteiger partial charge on any atom is -0.496 e. The van der Waals surface area contributed by atoms with E-state index in [2.05, 4.69) is 4.99 Å². The zero-order chi connectivity index (χ0) is 25.1. The highest BCUT2D eigenvalue weighted by Gasteiger charge is 2.34. The van der Waals surface area contributed by atoms with Crippen molar-refractivity contribution in [2.45, 2.75) is 19.9 Å². The summed E-state index contributed by atoms with van der Waals surface area (Å²) in [7, 11) is 4.67. The fourth-order valence-corrected chi connectivity index (χ4v) is 5.09. The molecule has 9 heteroatoms. The molecule has 0 spiro atoms. The number of thiazole rings is 1. The van der Waals surface area contributed by atoms with Gasteiger partial charge in [0, 0.05) is 5.56 Å². The van der Waals surface area contributed by atoms with Crippen LogP contribution in [0.3, 0.4) is 0 Å². The van der Waals surface area contributed by atoms with Gasteiger partial charge in [-0.2, -0.15) is 0 Å². The summed E-state index contributed by atoms with van der Waals surface area (Å²) in [6, 6.07) is 12.0. The van der Waals surface area contributed by atoms with Crippen molar-refractivity contribution in [3.63, 3.8) is 0 Å². The highest BCUT2D eigenvalue weighted by atomic mass is 32.1.